The fraction of sp³-hybridized carbons (Fsp3) is 0.760. The predicted octanol–water partition coefficient (Wildman–Crippen LogP) is 3.77. The summed E-state index contributed by atoms with van der Waals surface area (Å²) in [5.74, 6) is -2.46. The fourth-order valence-corrected chi connectivity index (χ4v) is 5.52. The highest BCUT2D eigenvalue weighted by molar-refractivity contribution is 5.99. The number of nitrogens with zero attached hydrogens (tertiary/aromatic N) is 1. The summed E-state index contributed by atoms with van der Waals surface area (Å²) in [4.78, 5) is 51.1. The van der Waals surface area contributed by atoms with Gasteiger partial charge in [-0.05, 0) is 37.0 Å². The number of allylic oxidation sites excluding steroid dienone is 1. The van der Waals surface area contributed by atoms with Crippen LogP contribution in [0, 0.1) is 29.1 Å². The van der Waals surface area contributed by atoms with Crippen molar-refractivity contribution in [2.45, 2.75) is 72.4 Å². The Hall–Kier alpha value is -2.22. The first-order valence-corrected chi connectivity index (χ1v) is 11.9. The summed E-state index contributed by atoms with van der Waals surface area (Å²) in [6.07, 6.45) is 4.22. The summed E-state index contributed by atoms with van der Waals surface area (Å²) in [6, 6.07) is -0.549. The molecule has 7 atom stereocenters. The number of carbonyl (C=O) groups excluding carboxylic acids is 4. The van der Waals surface area contributed by atoms with E-state index < -0.39 is 42.0 Å². The lowest BCUT2D eigenvalue weighted by Crippen LogP contribution is -2.57. The van der Waals surface area contributed by atoms with Gasteiger partial charge in [-0.25, -0.2) is 9.69 Å². The van der Waals surface area contributed by atoms with Crippen LogP contribution in [0.4, 0.5) is 4.79 Å². The molecule has 1 saturated carbocycles. The molecule has 2 rings (SSSR count). The van der Waals surface area contributed by atoms with Crippen LogP contribution in [0.1, 0.15) is 60.3 Å². The maximum atomic E-state index is 12.6. The van der Waals surface area contributed by atoms with Crippen molar-refractivity contribution in [1.82, 2.24) is 4.90 Å². The number of carbonyl (C=O) groups is 4. The van der Waals surface area contributed by atoms with E-state index in [1.165, 1.54) is 21.0 Å². The monoisotopic (exact) mass is 465 g/mol. The number of imide groups is 1. The fourth-order valence-electron chi connectivity index (χ4n) is 5.52. The Bertz CT molecular complexity index is 766. The molecule has 1 aliphatic heterocycles. The van der Waals surface area contributed by atoms with Crippen molar-refractivity contribution in [3.8, 4) is 0 Å². The number of amides is 2. The molecule has 4 unspecified atom stereocenters. The zero-order valence-electron chi connectivity index (χ0n) is 20.8. The number of ether oxygens (including phenoxy) is 3. The van der Waals surface area contributed by atoms with E-state index in [4.69, 9.17) is 14.2 Å². The van der Waals surface area contributed by atoms with Crippen molar-refractivity contribution in [2.75, 3.05) is 20.3 Å². The van der Waals surface area contributed by atoms with Crippen molar-refractivity contribution in [3.05, 3.63) is 12.7 Å². The SMILES string of the molecule is C=C[C@@]1([C@H](C)CCC)CCC1C1C(COC(=O)C(C)C(=O)[C@H](C)COC)OC(=O)N1C(C)=O. The Morgan fingerprint density at radius 1 is 1.30 bits per heavy atom. The summed E-state index contributed by atoms with van der Waals surface area (Å²) in [5, 5.41) is 0. The van der Waals surface area contributed by atoms with Gasteiger partial charge in [0.1, 0.15) is 12.5 Å². The van der Waals surface area contributed by atoms with Crippen molar-refractivity contribution < 1.29 is 33.4 Å². The minimum atomic E-state index is -0.963. The lowest BCUT2D eigenvalue weighted by molar-refractivity contribution is -0.155. The summed E-state index contributed by atoms with van der Waals surface area (Å²) in [5.41, 5.74) is -0.219. The number of rotatable bonds is 12. The van der Waals surface area contributed by atoms with E-state index in [1.54, 1.807) is 6.92 Å². The van der Waals surface area contributed by atoms with Crippen LogP contribution in [0.5, 0.6) is 0 Å². The van der Waals surface area contributed by atoms with E-state index in [0.29, 0.717) is 5.92 Å². The third-order valence-corrected chi connectivity index (χ3v) is 7.55. The van der Waals surface area contributed by atoms with Gasteiger partial charge in [-0.3, -0.25) is 14.4 Å². The molecule has 0 spiro atoms. The van der Waals surface area contributed by atoms with Gasteiger partial charge in [-0.15, -0.1) is 6.58 Å². The van der Waals surface area contributed by atoms with Crippen LogP contribution >= 0.6 is 0 Å². The zero-order valence-corrected chi connectivity index (χ0v) is 20.8. The molecule has 0 N–H and O–H groups in total. The first-order chi connectivity index (χ1) is 15.5. The second-order valence-electron chi connectivity index (χ2n) is 9.56. The van der Waals surface area contributed by atoms with E-state index in [-0.39, 0.29) is 30.3 Å². The summed E-state index contributed by atoms with van der Waals surface area (Å²) < 4.78 is 15.9. The van der Waals surface area contributed by atoms with Crippen LogP contribution in [0.3, 0.4) is 0 Å². The van der Waals surface area contributed by atoms with E-state index in [0.717, 1.165) is 30.6 Å². The zero-order chi connectivity index (χ0) is 24.9. The van der Waals surface area contributed by atoms with E-state index >= 15 is 0 Å². The Balaban J connectivity index is 2.19. The third-order valence-electron chi connectivity index (χ3n) is 7.55. The molecular formula is C25H39NO7. The molecule has 1 heterocycles. The number of esters is 1. The highest BCUT2D eigenvalue weighted by atomic mass is 16.6. The molecule has 1 aliphatic carbocycles. The number of cyclic esters (lactones) is 1. The first kappa shape index (κ1) is 27.0. The van der Waals surface area contributed by atoms with Crippen molar-refractivity contribution in [2.24, 2.45) is 29.1 Å². The molecule has 2 aliphatic rings. The standard InChI is InChI=1S/C25H39NO7/c1-8-10-16(4)25(9-2)12-11-19(25)21-20(33-24(30)26(21)18(6)27)14-32-23(29)17(5)22(28)15(3)13-31-7/h9,15-17,19-21H,2,8,10-14H2,1,3-7H3/t15-,16-,17?,19?,20?,21?,25+/m1/s1. The van der Waals surface area contributed by atoms with E-state index in [1.807, 2.05) is 6.08 Å². The van der Waals surface area contributed by atoms with Gasteiger partial charge in [-0.2, -0.15) is 0 Å². The van der Waals surface area contributed by atoms with Gasteiger partial charge >= 0.3 is 12.1 Å². The van der Waals surface area contributed by atoms with Crippen LogP contribution in [0.25, 0.3) is 0 Å². The van der Waals surface area contributed by atoms with E-state index in [2.05, 4.69) is 20.4 Å². The number of ketones is 1. The van der Waals surface area contributed by atoms with Gasteiger partial charge in [0.2, 0.25) is 5.91 Å². The smallest absolute Gasteiger partial charge is 0.417 e. The maximum Gasteiger partial charge on any atom is 0.417 e. The molecule has 186 valence electrons. The number of Topliss-reactive ketones (excluding diaryl/α,β-unsaturated/α-hetero) is 1. The summed E-state index contributed by atoms with van der Waals surface area (Å²) in [7, 11) is 1.49. The lowest BCUT2D eigenvalue weighted by atomic mass is 9.51. The van der Waals surface area contributed by atoms with Gasteiger partial charge in [0, 0.05) is 20.0 Å². The molecule has 8 heteroatoms. The van der Waals surface area contributed by atoms with Gasteiger partial charge in [-0.1, -0.05) is 39.7 Å². The molecule has 2 amide bonds. The minimum Gasteiger partial charge on any atom is -0.461 e. The number of hydrogen-bond acceptors (Lipinski definition) is 7. The maximum absolute atomic E-state index is 12.6. The molecule has 0 aromatic carbocycles. The van der Waals surface area contributed by atoms with Crippen LogP contribution in [-0.4, -0.2) is 61.1 Å². The quantitative estimate of drug-likeness (QED) is 0.246. The van der Waals surface area contributed by atoms with Gasteiger partial charge in [0.15, 0.2) is 11.9 Å². The molecule has 0 bridgehead atoms. The van der Waals surface area contributed by atoms with Crippen LogP contribution < -0.4 is 0 Å². The molecule has 1 saturated heterocycles. The van der Waals surface area contributed by atoms with Crippen LogP contribution in [0.15, 0.2) is 12.7 Å². The van der Waals surface area contributed by atoms with Crippen LogP contribution in [0.2, 0.25) is 0 Å². The van der Waals surface area contributed by atoms with E-state index in [9.17, 15) is 19.2 Å². The normalized spacial score (nSPS) is 29.5. The molecule has 0 radical (unpaired) electrons. The molecular weight excluding hydrogens is 426 g/mol. The van der Waals surface area contributed by atoms with Crippen molar-refractivity contribution >= 4 is 23.8 Å². The second-order valence-corrected chi connectivity index (χ2v) is 9.56. The predicted molar refractivity (Wildman–Crippen MR) is 122 cm³/mol. The largest absolute Gasteiger partial charge is 0.461 e. The third kappa shape index (κ3) is 5.31. The van der Waals surface area contributed by atoms with Crippen molar-refractivity contribution in [3.63, 3.8) is 0 Å². The summed E-state index contributed by atoms with van der Waals surface area (Å²) >= 11 is 0. The topological polar surface area (TPSA) is 99.2 Å². The Morgan fingerprint density at radius 3 is 2.45 bits per heavy atom. The van der Waals surface area contributed by atoms with Gasteiger partial charge < -0.3 is 14.2 Å². The van der Waals surface area contributed by atoms with Gasteiger partial charge in [0.05, 0.1) is 12.6 Å². The van der Waals surface area contributed by atoms with Crippen molar-refractivity contribution in [1.29, 1.82) is 0 Å². The highest BCUT2D eigenvalue weighted by Crippen LogP contribution is 2.57. The molecule has 0 aromatic heterocycles. The molecule has 2 fully saturated rings. The molecule has 33 heavy (non-hydrogen) atoms. The average molecular weight is 466 g/mol. The molecule has 0 aromatic rings. The van der Waals surface area contributed by atoms with Gasteiger partial charge in [0.25, 0.3) is 0 Å². The minimum absolute atomic E-state index is 0.0311. The first-order valence-electron chi connectivity index (χ1n) is 11.9. The average Bonchev–Trinajstić information content (AvgIpc) is 3.06. The number of hydrogen-bond donors (Lipinski definition) is 0. The molecule has 8 nitrogen and oxygen atoms in total. The number of methoxy groups -OCH3 is 1. The summed E-state index contributed by atoms with van der Waals surface area (Å²) in [6.45, 7) is 12.9. The van der Waals surface area contributed by atoms with Crippen LogP contribution in [-0.2, 0) is 28.6 Å². The Morgan fingerprint density at radius 2 is 1.97 bits per heavy atom. The Kier molecular flexibility index (Phi) is 9.23. The Labute approximate surface area is 197 Å². The highest BCUT2D eigenvalue weighted by Gasteiger charge is 2.59. The lowest BCUT2D eigenvalue weighted by Gasteiger charge is -2.55. The second kappa shape index (κ2) is 11.3.